The van der Waals surface area contributed by atoms with Crippen molar-refractivity contribution in [3.05, 3.63) is 77.9 Å². The molecule has 13 heteroatoms. The molecule has 6 nitrogen and oxygen atoms in total. The van der Waals surface area contributed by atoms with E-state index in [1.807, 2.05) is 0 Å². The smallest absolute Gasteiger partial charge is 0.416 e. The molecule has 3 aromatic carbocycles. The molecule has 0 saturated carbocycles. The van der Waals surface area contributed by atoms with Crippen LogP contribution in [0.25, 0.3) is 11.1 Å². The van der Waals surface area contributed by atoms with Crippen LogP contribution in [0.1, 0.15) is 31.4 Å². The van der Waals surface area contributed by atoms with E-state index in [1.165, 1.54) is 44.2 Å². The summed E-state index contributed by atoms with van der Waals surface area (Å²) in [5, 5.41) is 9.55. The highest BCUT2D eigenvalue weighted by Gasteiger charge is 2.40. The lowest BCUT2D eigenvalue weighted by Crippen LogP contribution is -2.46. The highest BCUT2D eigenvalue weighted by atomic mass is 32.2. The Bertz CT molecular complexity index is 1550. The van der Waals surface area contributed by atoms with Gasteiger partial charge in [0.05, 0.1) is 33.7 Å². The molecule has 4 rings (SSSR count). The van der Waals surface area contributed by atoms with E-state index in [1.54, 1.807) is 0 Å². The maximum atomic E-state index is 13.7. The number of aliphatic carboxylic acids is 1. The van der Waals surface area contributed by atoms with E-state index in [-0.39, 0.29) is 29.0 Å². The number of sulfonamides is 1. The number of hydrogen-bond donors (Lipinski definition) is 1. The molecule has 0 amide bonds. The van der Waals surface area contributed by atoms with Crippen molar-refractivity contribution in [1.29, 1.82) is 0 Å². The second-order valence-corrected chi connectivity index (χ2v) is 11.8. The van der Waals surface area contributed by atoms with Gasteiger partial charge in [-0.05, 0) is 67.4 Å². The Balaban J connectivity index is 1.84. The van der Waals surface area contributed by atoms with Gasteiger partial charge in [0.15, 0.2) is 0 Å². The van der Waals surface area contributed by atoms with Crippen molar-refractivity contribution in [3.8, 4) is 16.9 Å². The molecule has 40 heavy (non-hydrogen) atoms. The number of carboxylic acids is 1. The number of ether oxygens (including phenoxy) is 1. The highest BCUT2D eigenvalue weighted by molar-refractivity contribution is 7.92. The molecule has 1 aliphatic heterocycles. The molecule has 0 fully saturated rings. The molecule has 1 N–H and O–H groups in total. The number of carboxylic acid groups (broad SMARTS) is 1. The molecule has 0 bridgehead atoms. The second-order valence-electron chi connectivity index (χ2n) is 9.96. The first-order valence-corrected chi connectivity index (χ1v) is 13.3. The van der Waals surface area contributed by atoms with E-state index in [0.29, 0.717) is 6.07 Å². The molecule has 214 valence electrons. The Hall–Kier alpha value is -3.74. The van der Waals surface area contributed by atoms with Gasteiger partial charge in [-0.1, -0.05) is 24.3 Å². The number of carbonyl (C=O) groups is 1. The minimum absolute atomic E-state index is 0.0243. The first-order chi connectivity index (χ1) is 18.4. The lowest BCUT2D eigenvalue weighted by molar-refractivity contribution is -0.148. The molecule has 0 aromatic heterocycles. The average molecular weight is 588 g/mol. The maximum Gasteiger partial charge on any atom is 0.416 e. The Morgan fingerprint density at radius 3 is 2.08 bits per heavy atom. The van der Waals surface area contributed by atoms with Crippen LogP contribution in [0.4, 0.5) is 32.0 Å². The van der Waals surface area contributed by atoms with Crippen molar-refractivity contribution in [2.75, 3.05) is 10.8 Å². The first-order valence-electron chi connectivity index (χ1n) is 11.8. The van der Waals surface area contributed by atoms with Crippen LogP contribution >= 0.6 is 0 Å². The fourth-order valence-corrected chi connectivity index (χ4v) is 5.86. The van der Waals surface area contributed by atoms with Crippen LogP contribution in [0.5, 0.6) is 5.75 Å². The summed E-state index contributed by atoms with van der Waals surface area (Å²) in [5.41, 5.74) is -3.26. The van der Waals surface area contributed by atoms with Gasteiger partial charge < -0.3 is 9.84 Å². The Morgan fingerprint density at radius 2 is 1.48 bits per heavy atom. The molecule has 1 aliphatic rings. The third-order valence-electron chi connectivity index (χ3n) is 6.48. The van der Waals surface area contributed by atoms with Gasteiger partial charge >= 0.3 is 18.3 Å². The van der Waals surface area contributed by atoms with Crippen LogP contribution in [0, 0.1) is 5.41 Å². The molecule has 0 aliphatic carbocycles. The average Bonchev–Trinajstić information content (AvgIpc) is 2.87. The maximum absolute atomic E-state index is 13.7. The SMILES string of the molecule is CC(C)(CC1CN(S(=O)(=O)c2cccc(C(F)(F)F)c2)c2cc(-c3cccc(C(F)(F)F)c3)ccc2O1)C(=O)O. The predicted octanol–water partition coefficient (Wildman–Crippen LogP) is 6.85. The second kappa shape index (κ2) is 10.0. The third-order valence-corrected chi connectivity index (χ3v) is 8.26. The van der Waals surface area contributed by atoms with E-state index in [2.05, 4.69) is 0 Å². The topological polar surface area (TPSA) is 83.9 Å². The third kappa shape index (κ3) is 5.88. The van der Waals surface area contributed by atoms with Crippen molar-refractivity contribution >= 4 is 21.7 Å². The highest BCUT2D eigenvalue weighted by Crippen LogP contribution is 2.43. The van der Waals surface area contributed by atoms with E-state index in [0.717, 1.165) is 34.6 Å². The number of fused-ring (bicyclic) bond motifs is 1. The molecule has 1 unspecified atom stereocenters. The van der Waals surface area contributed by atoms with Crippen molar-refractivity contribution in [3.63, 3.8) is 0 Å². The fourth-order valence-electron chi connectivity index (χ4n) is 4.32. The summed E-state index contributed by atoms with van der Waals surface area (Å²) in [5.74, 6) is -1.20. The number of anilines is 1. The minimum atomic E-state index is -4.82. The Labute approximate surface area is 225 Å². The number of halogens is 6. The molecule has 1 heterocycles. The zero-order valence-electron chi connectivity index (χ0n) is 21.0. The molecule has 1 atom stereocenters. The molecule has 0 radical (unpaired) electrons. The number of benzene rings is 3. The number of alkyl halides is 6. The van der Waals surface area contributed by atoms with Gasteiger partial charge in [0, 0.05) is 6.42 Å². The van der Waals surface area contributed by atoms with Crippen molar-refractivity contribution < 1.29 is 49.4 Å². The summed E-state index contributed by atoms with van der Waals surface area (Å²) in [7, 11) is -4.67. The molecule has 0 saturated heterocycles. The summed E-state index contributed by atoms with van der Waals surface area (Å²) in [6.45, 7) is 2.38. The van der Waals surface area contributed by atoms with Crippen LogP contribution in [-0.4, -0.2) is 32.1 Å². The normalized spacial score (nSPS) is 16.3. The monoisotopic (exact) mass is 587 g/mol. The van der Waals surface area contributed by atoms with Gasteiger partial charge in [0.2, 0.25) is 0 Å². The van der Waals surface area contributed by atoms with Crippen LogP contribution in [0.3, 0.4) is 0 Å². The summed E-state index contributed by atoms with van der Waals surface area (Å²) in [4.78, 5) is 11.0. The van der Waals surface area contributed by atoms with Gasteiger partial charge in [-0.3, -0.25) is 9.10 Å². The number of hydrogen-bond acceptors (Lipinski definition) is 4. The van der Waals surface area contributed by atoms with Crippen molar-refractivity contribution in [2.45, 2.75) is 43.6 Å². The minimum Gasteiger partial charge on any atom is -0.486 e. The van der Waals surface area contributed by atoms with Crippen LogP contribution in [0.2, 0.25) is 0 Å². The van der Waals surface area contributed by atoms with E-state index in [4.69, 9.17) is 4.74 Å². The lowest BCUT2D eigenvalue weighted by atomic mass is 9.86. The quantitative estimate of drug-likeness (QED) is 0.319. The van der Waals surface area contributed by atoms with Gasteiger partial charge in [0.1, 0.15) is 11.9 Å². The molecule has 3 aromatic rings. The van der Waals surface area contributed by atoms with E-state index >= 15 is 0 Å². The summed E-state index contributed by atoms with van der Waals surface area (Å²) in [6.07, 6.45) is -10.6. The zero-order chi connectivity index (χ0) is 29.7. The van der Waals surface area contributed by atoms with E-state index in [9.17, 15) is 44.7 Å². The van der Waals surface area contributed by atoms with Crippen LogP contribution < -0.4 is 9.04 Å². The first kappa shape index (κ1) is 29.2. The van der Waals surface area contributed by atoms with Gasteiger partial charge in [-0.2, -0.15) is 26.3 Å². The predicted molar refractivity (Wildman–Crippen MR) is 133 cm³/mol. The van der Waals surface area contributed by atoms with Gasteiger partial charge in [-0.25, -0.2) is 8.42 Å². The van der Waals surface area contributed by atoms with Gasteiger partial charge in [-0.15, -0.1) is 0 Å². The Kier molecular flexibility index (Phi) is 7.33. The lowest BCUT2D eigenvalue weighted by Gasteiger charge is -2.38. The van der Waals surface area contributed by atoms with Crippen LogP contribution in [0.15, 0.2) is 71.6 Å². The Morgan fingerprint density at radius 1 is 0.900 bits per heavy atom. The molecular formula is C27H23F6NO5S. The summed E-state index contributed by atoms with van der Waals surface area (Å²) in [6, 6.07) is 11.5. The van der Waals surface area contributed by atoms with Gasteiger partial charge in [0.25, 0.3) is 10.0 Å². The largest absolute Gasteiger partial charge is 0.486 e. The number of nitrogens with zero attached hydrogens (tertiary/aromatic N) is 1. The molecular weight excluding hydrogens is 564 g/mol. The summed E-state index contributed by atoms with van der Waals surface area (Å²) >= 11 is 0. The van der Waals surface area contributed by atoms with Crippen molar-refractivity contribution in [1.82, 2.24) is 0 Å². The zero-order valence-corrected chi connectivity index (χ0v) is 21.9. The van der Waals surface area contributed by atoms with Crippen LogP contribution in [-0.2, 0) is 27.2 Å². The number of rotatable bonds is 6. The fraction of sp³-hybridized carbons (Fsp3) is 0.296. The standard InChI is InChI=1S/C27H23F6NO5S/c1-25(2,24(35)36)14-20-15-34(40(37,38)21-8-4-7-19(13-21)27(31,32)33)22-12-17(9-10-23(22)39-20)16-5-3-6-18(11-16)26(28,29)30/h3-13,20H,14-15H2,1-2H3,(H,35,36). The molecule has 0 spiro atoms. The van der Waals surface area contributed by atoms with E-state index < -0.39 is 62.4 Å². The summed E-state index contributed by atoms with van der Waals surface area (Å²) < 4.78 is 114. The van der Waals surface area contributed by atoms with Crippen molar-refractivity contribution in [2.24, 2.45) is 5.41 Å².